The van der Waals surface area contributed by atoms with E-state index in [2.05, 4.69) is 65.8 Å². The van der Waals surface area contributed by atoms with Gasteiger partial charge in [-0.05, 0) is 47.7 Å². The lowest BCUT2D eigenvalue weighted by atomic mass is 9.52. The van der Waals surface area contributed by atoms with Gasteiger partial charge in [0.2, 0.25) is 5.91 Å². The topological polar surface area (TPSA) is 42.0 Å². The van der Waals surface area contributed by atoms with Crippen molar-refractivity contribution in [2.75, 3.05) is 5.32 Å². The molecule has 0 saturated carbocycles. The zero-order chi connectivity index (χ0) is 19.6. The van der Waals surface area contributed by atoms with Crippen LogP contribution < -0.4 is 5.32 Å². The molecule has 4 aromatic rings. The number of rotatable bonds is 2. The molecule has 1 N–H and O–H groups in total. The number of hydrogen-bond donors (Lipinski definition) is 1. The molecule has 3 nitrogen and oxygen atoms in total. The quantitative estimate of drug-likeness (QED) is 0.457. The van der Waals surface area contributed by atoms with Crippen molar-refractivity contribution in [3.8, 4) is 0 Å². The highest BCUT2D eigenvalue weighted by Gasteiger charge is 2.53. The Morgan fingerprint density at radius 1 is 0.931 bits per heavy atom. The summed E-state index contributed by atoms with van der Waals surface area (Å²) in [5.74, 6) is 0.392. The smallest absolute Gasteiger partial charge is 0.233 e. The van der Waals surface area contributed by atoms with Gasteiger partial charge in [-0.25, -0.2) is 4.98 Å². The van der Waals surface area contributed by atoms with E-state index in [1.165, 1.54) is 33.6 Å². The Morgan fingerprint density at radius 3 is 2.17 bits per heavy atom. The number of nitrogens with zero attached hydrogens (tertiary/aromatic N) is 1. The van der Waals surface area contributed by atoms with Gasteiger partial charge in [0.05, 0.1) is 15.6 Å². The van der Waals surface area contributed by atoms with Crippen LogP contribution in [0.4, 0.5) is 5.13 Å². The zero-order valence-corrected chi connectivity index (χ0v) is 16.9. The van der Waals surface area contributed by atoms with Crippen LogP contribution in [0.5, 0.6) is 0 Å². The molecule has 0 saturated heterocycles. The fourth-order valence-corrected chi connectivity index (χ4v) is 6.22. The SMILES string of the molecule is CC1(C(=O)Nc2nc3ccccc3s2)CC2c3ccccc3C1c1ccccc12. The molecule has 1 aromatic heterocycles. The first-order valence-electron chi connectivity index (χ1n) is 10.00. The lowest BCUT2D eigenvalue weighted by molar-refractivity contribution is -0.126. The summed E-state index contributed by atoms with van der Waals surface area (Å²) in [6.07, 6.45) is 0.822. The van der Waals surface area contributed by atoms with E-state index in [0.29, 0.717) is 5.13 Å². The van der Waals surface area contributed by atoms with Crippen LogP contribution in [-0.4, -0.2) is 10.9 Å². The van der Waals surface area contributed by atoms with Crippen LogP contribution in [0.25, 0.3) is 10.2 Å². The van der Waals surface area contributed by atoms with Crippen molar-refractivity contribution in [2.45, 2.75) is 25.2 Å². The minimum Gasteiger partial charge on any atom is -0.301 e. The fourth-order valence-electron chi connectivity index (χ4n) is 5.35. The highest BCUT2D eigenvalue weighted by atomic mass is 32.1. The van der Waals surface area contributed by atoms with Crippen molar-refractivity contribution in [2.24, 2.45) is 5.41 Å². The maximum atomic E-state index is 13.6. The second-order valence-electron chi connectivity index (χ2n) is 8.31. The number of hydrogen-bond acceptors (Lipinski definition) is 3. The van der Waals surface area contributed by atoms with Crippen LogP contribution in [0.2, 0.25) is 0 Å². The van der Waals surface area contributed by atoms with E-state index in [1.807, 2.05) is 24.3 Å². The third kappa shape index (κ3) is 2.36. The minimum absolute atomic E-state index is 0.0641. The Kier molecular flexibility index (Phi) is 3.51. The zero-order valence-electron chi connectivity index (χ0n) is 16.1. The summed E-state index contributed by atoms with van der Waals surface area (Å²) in [5, 5.41) is 3.84. The number of aromatic nitrogens is 1. The standard InChI is InChI=1S/C25H20N2OS/c1-25(23(28)27-24-26-20-12-6-7-13-21(20)29-24)14-19-15-8-2-4-10-17(15)22(25)18-11-5-3-9-16(18)19/h2-13,19,22H,14H2,1H3,(H,26,27,28). The van der Waals surface area contributed by atoms with E-state index in [4.69, 9.17) is 0 Å². The number of carbonyl (C=O) groups is 1. The average molecular weight is 397 g/mol. The summed E-state index contributed by atoms with van der Waals surface area (Å²) in [6, 6.07) is 25.3. The van der Waals surface area contributed by atoms with Gasteiger partial charge in [-0.1, -0.05) is 72.0 Å². The predicted octanol–water partition coefficient (Wildman–Crippen LogP) is 5.92. The largest absolute Gasteiger partial charge is 0.301 e. The Hall–Kier alpha value is -2.98. The first kappa shape index (κ1) is 16.9. The number of benzene rings is 3. The van der Waals surface area contributed by atoms with E-state index in [0.717, 1.165) is 16.6 Å². The lowest BCUT2D eigenvalue weighted by Gasteiger charge is -2.50. The summed E-state index contributed by atoms with van der Waals surface area (Å²) in [4.78, 5) is 18.2. The molecule has 0 spiro atoms. The summed E-state index contributed by atoms with van der Waals surface area (Å²) in [6.45, 7) is 2.12. The predicted molar refractivity (Wildman–Crippen MR) is 118 cm³/mol. The second-order valence-corrected chi connectivity index (χ2v) is 9.34. The number of anilines is 1. The van der Waals surface area contributed by atoms with Gasteiger partial charge < -0.3 is 5.32 Å². The van der Waals surface area contributed by atoms with Gasteiger partial charge in [0.1, 0.15) is 0 Å². The molecule has 1 amide bonds. The van der Waals surface area contributed by atoms with Gasteiger partial charge in [-0.3, -0.25) is 4.79 Å². The summed E-state index contributed by atoms with van der Waals surface area (Å²) >= 11 is 1.54. The van der Waals surface area contributed by atoms with Gasteiger partial charge in [0.15, 0.2) is 5.13 Å². The molecule has 142 valence electrons. The van der Waals surface area contributed by atoms with Crippen molar-refractivity contribution in [1.82, 2.24) is 4.98 Å². The van der Waals surface area contributed by atoms with Crippen molar-refractivity contribution in [3.05, 3.63) is 95.1 Å². The van der Waals surface area contributed by atoms with Crippen molar-refractivity contribution >= 4 is 32.6 Å². The number of carbonyl (C=O) groups excluding carboxylic acids is 1. The van der Waals surface area contributed by atoms with Crippen LogP contribution in [0.15, 0.2) is 72.8 Å². The summed E-state index contributed by atoms with van der Waals surface area (Å²) in [7, 11) is 0. The molecular weight excluding hydrogens is 376 g/mol. The molecule has 1 atom stereocenters. The molecule has 1 heterocycles. The Balaban J connectivity index is 1.44. The van der Waals surface area contributed by atoms with Crippen LogP contribution in [-0.2, 0) is 4.79 Å². The highest BCUT2D eigenvalue weighted by Crippen LogP contribution is 2.61. The molecule has 2 bridgehead atoms. The Bertz CT molecular complexity index is 1200. The van der Waals surface area contributed by atoms with Gasteiger partial charge in [-0.15, -0.1) is 0 Å². The number of amides is 1. The molecule has 0 fully saturated rings. The summed E-state index contributed by atoms with van der Waals surface area (Å²) in [5.41, 5.74) is 5.76. The molecule has 3 aliphatic carbocycles. The van der Waals surface area contributed by atoms with Gasteiger partial charge in [-0.2, -0.15) is 0 Å². The van der Waals surface area contributed by atoms with Crippen molar-refractivity contribution < 1.29 is 4.79 Å². The van der Waals surface area contributed by atoms with Crippen molar-refractivity contribution in [3.63, 3.8) is 0 Å². The highest BCUT2D eigenvalue weighted by molar-refractivity contribution is 7.22. The van der Waals surface area contributed by atoms with E-state index in [1.54, 1.807) is 0 Å². The monoisotopic (exact) mass is 396 g/mol. The van der Waals surface area contributed by atoms with Gasteiger partial charge in [0.25, 0.3) is 0 Å². The van der Waals surface area contributed by atoms with Crippen LogP contribution in [0, 0.1) is 5.41 Å². The molecule has 1 unspecified atom stereocenters. The van der Waals surface area contributed by atoms with Crippen LogP contribution >= 0.6 is 11.3 Å². The van der Waals surface area contributed by atoms with Crippen LogP contribution in [0.1, 0.15) is 47.4 Å². The molecule has 29 heavy (non-hydrogen) atoms. The average Bonchev–Trinajstić information content (AvgIpc) is 3.16. The van der Waals surface area contributed by atoms with E-state index in [9.17, 15) is 4.79 Å². The second kappa shape index (κ2) is 6.01. The minimum atomic E-state index is -0.509. The number of thiazole rings is 1. The number of fused-ring (bicyclic) bond motifs is 2. The normalized spacial score (nSPS) is 24.2. The lowest BCUT2D eigenvalue weighted by Crippen LogP contribution is -2.47. The molecule has 4 heteroatoms. The fraction of sp³-hybridized carbons (Fsp3) is 0.200. The third-order valence-corrected chi connectivity index (χ3v) is 7.62. The molecule has 0 aliphatic heterocycles. The molecule has 0 radical (unpaired) electrons. The molecular formula is C25H20N2OS. The van der Waals surface area contributed by atoms with Gasteiger partial charge >= 0.3 is 0 Å². The van der Waals surface area contributed by atoms with E-state index < -0.39 is 5.41 Å². The first-order valence-corrected chi connectivity index (χ1v) is 10.8. The third-order valence-electron chi connectivity index (χ3n) is 6.66. The summed E-state index contributed by atoms with van der Waals surface area (Å²) < 4.78 is 1.09. The van der Waals surface area contributed by atoms with Crippen LogP contribution in [0.3, 0.4) is 0 Å². The van der Waals surface area contributed by atoms with Crippen molar-refractivity contribution in [1.29, 1.82) is 0 Å². The Labute approximate surface area is 173 Å². The molecule has 7 rings (SSSR count). The number of nitrogens with one attached hydrogen (secondary N) is 1. The van der Waals surface area contributed by atoms with E-state index >= 15 is 0 Å². The molecule has 3 aromatic carbocycles. The first-order chi connectivity index (χ1) is 14.1. The van der Waals surface area contributed by atoms with Gasteiger partial charge in [0, 0.05) is 11.8 Å². The maximum absolute atomic E-state index is 13.6. The Morgan fingerprint density at radius 2 is 1.52 bits per heavy atom. The maximum Gasteiger partial charge on any atom is 0.233 e. The van der Waals surface area contributed by atoms with E-state index in [-0.39, 0.29) is 17.7 Å². The molecule has 3 aliphatic rings. The number of para-hydroxylation sites is 1.